The van der Waals surface area contributed by atoms with Gasteiger partial charge in [-0.15, -0.1) is 0 Å². The van der Waals surface area contributed by atoms with Crippen molar-refractivity contribution in [2.75, 3.05) is 12.0 Å². The van der Waals surface area contributed by atoms with Crippen LogP contribution in [0.1, 0.15) is 13.3 Å². The van der Waals surface area contributed by atoms with Gasteiger partial charge in [-0.25, -0.2) is 0 Å². The maximum atomic E-state index is 11.4. The van der Waals surface area contributed by atoms with Gasteiger partial charge in [-0.05, 0) is 25.4 Å². The summed E-state index contributed by atoms with van der Waals surface area (Å²) < 4.78 is 4.85. The van der Waals surface area contributed by atoms with Gasteiger partial charge in [0.25, 0.3) is 0 Å². The SMILES string of the molecule is CSCCC(N)C(=O)OC(C)C(N)C(=O)O. The predicted octanol–water partition coefficient (Wildman–Crippen LogP) is -0.590. The van der Waals surface area contributed by atoms with Gasteiger partial charge in [0, 0.05) is 0 Å². The zero-order valence-electron chi connectivity index (χ0n) is 9.38. The normalized spacial score (nSPS) is 16.2. The highest BCUT2D eigenvalue weighted by molar-refractivity contribution is 7.98. The molecule has 16 heavy (non-hydrogen) atoms. The monoisotopic (exact) mass is 250 g/mol. The van der Waals surface area contributed by atoms with E-state index < -0.39 is 30.1 Å². The van der Waals surface area contributed by atoms with Crippen molar-refractivity contribution in [1.29, 1.82) is 0 Å². The minimum atomic E-state index is -1.23. The Labute approximate surface area is 98.7 Å². The highest BCUT2D eigenvalue weighted by Gasteiger charge is 2.25. The van der Waals surface area contributed by atoms with Crippen LogP contribution in [0.25, 0.3) is 0 Å². The Hall–Kier alpha value is -0.790. The molecular formula is C9H18N2O4S. The quantitative estimate of drug-likeness (QED) is 0.517. The van der Waals surface area contributed by atoms with Gasteiger partial charge in [0.05, 0.1) is 0 Å². The molecule has 0 saturated carbocycles. The van der Waals surface area contributed by atoms with Gasteiger partial charge in [-0.2, -0.15) is 11.8 Å². The number of carboxylic acid groups (broad SMARTS) is 1. The van der Waals surface area contributed by atoms with Crippen LogP contribution in [-0.2, 0) is 14.3 Å². The Bertz CT molecular complexity index is 250. The molecule has 0 aromatic heterocycles. The third-order valence-electron chi connectivity index (χ3n) is 2.03. The standard InChI is InChI=1S/C9H18N2O4S/c1-5(7(11)8(12)13)15-9(14)6(10)3-4-16-2/h5-7H,3-4,10-11H2,1-2H3,(H,12,13). The minimum Gasteiger partial charge on any atom is -0.480 e. The second-order valence-corrected chi connectivity index (χ2v) is 4.38. The van der Waals surface area contributed by atoms with Crippen molar-refractivity contribution in [2.24, 2.45) is 11.5 Å². The fourth-order valence-electron chi connectivity index (χ4n) is 0.907. The van der Waals surface area contributed by atoms with Crippen LogP contribution < -0.4 is 11.5 Å². The molecule has 7 heteroatoms. The molecule has 0 heterocycles. The van der Waals surface area contributed by atoms with Gasteiger partial charge >= 0.3 is 11.9 Å². The van der Waals surface area contributed by atoms with E-state index in [1.807, 2.05) is 6.26 Å². The number of carbonyl (C=O) groups excluding carboxylic acids is 1. The van der Waals surface area contributed by atoms with Gasteiger partial charge in [-0.1, -0.05) is 0 Å². The molecule has 0 bridgehead atoms. The molecule has 0 aliphatic carbocycles. The van der Waals surface area contributed by atoms with E-state index in [9.17, 15) is 9.59 Å². The Kier molecular flexibility index (Phi) is 7.11. The number of hydrogen-bond acceptors (Lipinski definition) is 6. The first-order valence-electron chi connectivity index (χ1n) is 4.83. The number of carbonyl (C=O) groups is 2. The van der Waals surface area contributed by atoms with Gasteiger partial charge in [0.2, 0.25) is 0 Å². The topological polar surface area (TPSA) is 116 Å². The largest absolute Gasteiger partial charge is 0.480 e. The zero-order chi connectivity index (χ0) is 12.7. The molecule has 5 N–H and O–H groups in total. The number of nitrogens with two attached hydrogens (primary N) is 2. The van der Waals surface area contributed by atoms with Crippen LogP contribution in [0.15, 0.2) is 0 Å². The molecule has 0 aromatic carbocycles. The summed E-state index contributed by atoms with van der Waals surface area (Å²) in [6.45, 7) is 1.43. The van der Waals surface area contributed by atoms with Crippen molar-refractivity contribution in [3.05, 3.63) is 0 Å². The number of rotatable bonds is 7. The maximum Gasteiger partial charge on any atom is 0.324 e. The molecule has 0 saturated heterocycles. The first-order valence-corrected chi connectivity index (χ1v) is 6.23. The molecule has 3 unspecified atom stereocenters. The second-order valence-electron chi connectivity index (χ2n) is 3.39. The highest BCUT2D eigenvalue weighted by atomic mass is 32.2. The molecule has 0 spiro atoms. The molecule has 94 valence electrons. The summed E-state index contributed by atoms with van der Waals surface area (Å²) in [4.78, 5) is 21.9. The molecule has 0 aliphatic heterocycles. The third-order valence-corrected chi connectivity index (χ3v) is 2.67. The van der Waals surface area contributed by atoms with Gasteiger partial charge in [0.15, 0.2) is 0 Å². The van der Waals surface area contributed by atoms with Crippen LogP contribution in [0.5, 0.6) is 0 Å². The minimum absolute atomic E-state index is 0.495. The molecule has 0 amide bonds. The lowest BCUT2D eigenvalue weighted by Gasteiger charge is -2.19. The summed E-state index contributed by atoms with van der Waals surface area (Å²) in [5.41, 5.74) is 10.8. The van der Waals surface area contributed by atoms with Gasteiger partial charge in [0.1, 0.15) is 18.2 Å². The van der Waals surface area contributed by atoms with Gasteiger partial charge in [-0.3, -0.25) is 9.59 Å². The number of carboxylic acids is 1. The van der Waals surface area contributed by atoms with E-state index in [-0.39, 0.29) is 0 Å². The van der Waals surface area contributed by atoms with Crippen molar-refractivity contribution in [1.82, 2.24) is 0 Å². The number of thioether (sulfide) groups is 1. The first-order chi connectivity index (χ1) is 7.40. The smallest absolute Gasteiger partial charge is 0.324 e. The van der Waals surface area contributed by atoms with Crippen LogP contribution in [0, 0.1) is 0 Å². The van der Waals surface area contributed by atoms with Crippen molar-refractivity contribution < 1.29 is 19.4 Å². The van der Waals surface area contributed by atoms with Crippen LogP contribution >= 0.6 is 11.8 Å². The Morgan fingerprint density at radius 3 is 2.44 bits per heavy atom. The summed E-state index contributed by atoms with van der Waals surface area (Å²) >= 11 is 1.57. The highest BCUT2D eigenvalue weighted by Crippen LogP contribution is 2.04. The van der Waals surface area contributed by atoms with Crippen LogP contribution in [0.2, 0.25) is 0 Å². The lowest BCUT2D eigenvalue weighted by molar-refractivity contribution is -0.154. The second kappa shape index (κ2) is 7.48. The van der Waals surface area contributed by atoms with E-state index in [0.29, 0.717) is 6.42 Å². The first kappa shape index (κ1) is 15.2. The molecule has 0 rings (SSSR count). The van der Waals surface area contributed by atoms with Crippen molar-refractivity contribution in [3.8, 4) is 0 Å². The van der Waals surface area contributed by atoms with Crippen molar-refractivity contribution in [3.63, 3.8) is 0 Å². The number of aliphatic carboxylic acids is 1. The average molecular weight is 250 g/mol. The Morgan fingerprint density at radius 2 is 2.00 bits per heavy atom. The van der Waals surface area contributed by atoms with E-state index in [1.54, 1.807) is 11.8 Å². The summed E-state index contributed by atoms with van der Waals surface area (Å²) in [5, 5.41) is 8.59. The van der Waals surface area contributed by atoms with E-state index in [0.717, 1.165) is 5.75 Å². The van der Waals surface area contributed by atoms with Crippen LogP contribution in [0.4, 0.5) is 0 Å². The number of esters is 1. The van der Waals surface area contributed by atoms with Crippen LogP contribution in [0.3, 0.4) is 0 Å². The molecule has 6 nitrogen and oxygen atoms in total. The van der Waals surface area contributed by atoms with Crippen LogP contribution in [-0.4, -0.2) is 47.2 Å². The number of ether oxygens (including phenoxy) is 1. The van der Waals surface area contributed by atoms with Crippen molar-refractivity contribution >= 4 is 23.7 Å². The predicted molar refractivity (Wildman–Crippen MR) is 62.1 cm³/mol. The fraction of sp³-hybridized carbons (Fsp3) is 0.778. The molecular weight excluding hydrogens is 232 g/mol. The van der Waals surface area contributed by atoms with Crippen molar-refractivity contribution in [2.45, 2.75) is 31.5 Å². The zero-order valence-corrected chi connectivity index (χ0v) is 10.2. The lowest BCUT2D eigenvalue weighted by Crippen LogP contribution is -2.45. The average Bonchev–Trinajstić information content (AvgIpc) is 2.24. The molecule has 0 aromatic rings. The van der Waals surface area contributed by atoms with E-state index >= 15 is 0 Å². The van der Waals surface area contributed by atoms with Gasteiger partial charge < -0.3 is 21.3 Å². The lowest BCUT2D eigenvalue weighted by atomic mass is 10.2. The summed E-state index contributed by atoms with van der Waals surface area (Å²) in [5.74, 6) is -1.08. The Balaban J connectivity index is 4.07. The summed E-state index contributed by atoms with van der Waals surface area (Å²) in [6, 6.07) is -1.95. The summed E-state index contributed by atoms with van der Waals surface area (Å²) in [6.07, 6.45) is 1.51. The molecule has 0 aliphatic rings. The third kappa shape index (κ3) is 5.34. The molecule has 0 radical (unpaired) electrons. The van der Waals surface area contributed by atoms with E-state index in [2.05, 4.69) is 0 Å². The number of hydrogen-bond donors (Lipinski definition) is 3. The summed E-state index contributed by atoms with van der Waals surface area (Å²) in [7, 11) is 0. The fourth-order valence-corrected chi connectivity index (χ4v) is 1.40. The van der Waals surface area contributed by atoms with E-state index in [4.69, 9.17) is 21.3 Å². The molecule has 0 fully saturated rings. The maximum absolute atomic E-state index is 11.4. The Morgan fingerprint density at radius 1 is 1.44 bits per heavy atom. The van der Waals surface area contributed by atoms with E-state index in [1.165, 1.54) is 6.92 Å². The molecule has 3 atom stereocenters.